The molecule has 0 bridgehead atoms. The van der Waals surface area contributed by atoms with Crippen LogP contribution in [0.1, 0.15) is 37.0 Å². The molecule has 1 aliphatic heterocycles. The fraction of sp³-hybridized carbons (Fsp3) is 0.533. The standard InChI is InChI=1S/C15H22N2O2/c1-10-6-7-17(11(2)8-10)15(18)13-9-12(16)4-5-14(13)19-3/h4-5,9-11H,6-8,16H2,1-3H3. The van der Waals surface area contributed by atoms with E-state index in [1.807, 2.05) is 4.90 Å². The summed E-state index contributed by atoms with van der Waals surface area (Å²) in [6.07, 6.45) is 2.11. The van der Waals surface area contributed by atoms with Crippen molar-refractivity contribution in [3.8, 4) is 5.75 Å². The van der Waals surface area contributed by atoms with Gasteiger partial charge in [-0.15, -0.1) is 0 Å². The number of hydrogen-bond donors (Lipinski definition) is 1. The predicted molar refractivity (Wildman–Crippen MR) is 76.3 cm³/mol. The Kier molecular flexibility index (Phi) is 3.98. The van der Waals surface area contributed by atoms with Gasteiger partial charge < -0.3 is 15.4 Å². The first kappa shape index (κ1) is 13.7. The molecule has 2 atom stereocenters. The van der Waals surface area contributed by atoms with Gasteiger partial charge in [0.05, 0.1) is 12.7 Å². The van der Waals surface area contributed by atoms with E-state index in [4.69, 9.17) is 10.5 Å². The van der Waals surface area contributed by atoms with Crippen LogP contribution >= 0.6 is 0 Å². The van der Waals surface area contributed by atoms with E-state index in [0.717, 1.165) is 19.4 Å². The van der Waals surface area contributed by atoms with E-state index < -0.39 is 0 Å². The third-order valence-electron chi connectivity index (χ3n) is 3.85. The number of carbonyl (C=O) groups excluding carboxylic acids is 1. The van der Waals surface area contributed by atoms with Crippen LogP contribution in [0.3, 0.4) is 0 Å². The number of methoxy groups -OCH3 is 1. The minimum Gasteiger partial charge on any atom is -0.496 e. The zero-order valence-corrected chi connectivity index (χ0v) is 11.8. The van der Waals surface area contributed by atoms with Gasteiger partial charge in [-0.3, -0.25) is 4.79 Å². The molecular formula is C15H22N2O2. The van der Waals surface area contributed by atoms with Crippen molar-refractivity contribution >= 4 is 11.6 Å². The van der Waals surface area contributed by atoms with E-state index in [2.05, 4.69) is 13.8 Å². The number of nitrogen functional groups attached to an aromatic ring is 1. The molecule has 0 aliphatic carbocycles. The summed E-state index contributed by atoms with van der Waals surface area (Å²) in [6, 6.07) is 5.46. The molecule has 2 rings (SSSR count). The van der Waals surface area contributed by atoms with E-state index in [1.54, 1.807) is 25.3 Å². The van der Waals surface area contributed by atoms with Crippen molar-refractivity contribution in [2.24, 2.45) is 5.92 Å². The average molecular weight is 262 g/mol. The highest BCUT2D eigenvalue weighted by Gasteiger charge is 2.28. The highest BCUT2D eigenvalue weighted by Crippen LogP contribution is 2.28. The lowest BCUT2D eigenvalue weighted by molar-refractivity contribution is 0.0585. The number of hydrogen-bond acceptors (Lipinski definition) is 3. The number of nitrogens with two attached hydrogens (primary N) is 1. The van der Waals surface area contributed by atoms with Gasteiger partial charge in [-0.2, -0.15) is 0 Å². The van der Waals surface area contributed by atoms with Crippen LogP contribution in [0.4, 0.5) is 5.69 Å². The summed E-state index contributed by atoms with van der Waals surface area (Å²) in [5, 5.41) is 0. The van der Waals surface area contributed by atoms with Gasteiger partial charge in [-0.25, -0.2) is 0 Å². The lowest BCUT2D eigenvalue weighted by Gasteiger charge is -2.36. The molecule has 104 valence electrons. The molecule has 1 aliphatic rings. The van der Waals surface area contributed by atoms with Gasteiger partial charge >= 0.3 is 0 Å². The van der Waals surface area contributed by atoms with Crippen molar-refractivity contribution in [2.45, 2.75) is 32.7 Å². The molecule has 2 unspecified atom stereocenters. The zero-order chi connectivity index (χ0) is 14.0. The Labute approximate surface area is 114 Å². The first-order valence-corrected chi connectivity index (χ1v) is 6.77. The number of amides is 1. The van der Waals surface area contributed by atoms with Crippen molar-refractivity contribution in [2.75, 3.05) is 19.4 Å². The number of benzene rings is 1. The van der Waals surface area contributed by atoms with Gasteiger partial charge in [0, 0.05) is 18.3 Å². The third kappa shape index (κ3) is 2.83. The van der Waals surface area contributed by atoms with Gasteiger partial charge in [0.25, 0.3) is 5.91 Å². The van der Waals surface area contributed by atoms with Crippen molar-refractivity contribution < 1.29 is 9.53 Å². The number of piperidine rings is 1. The van der Waals surface area contributed by atoms with Crippen molar-refractivity contribution in [3.63, 3.8) is 0 Å². The Hall–Kier alpha value is -1.71. The number of rotatable bonds is 2. The minimum atomic E-state index is 0.0172. The molecule has 19 heavy (non-hydrogen) atoms. The number of carbonyl (C=O) groups is 1. The summed E-state index contributed by atoms with van der Waals surface area (Å²) in [7, 11) is 1.57. The highest BCUT2D eigenvalue weighted by molar-refractivity contribution is 5.98. The molecule has 1 amide bonds. The Balaban J connectivity index is 2.26. The predicted octanol–water partition coefficient (Wildman–Crippen LogP) is 2.54. The monoisotopic (exact) mass is 262 g/mol. The minimum absolute atomic E-state index is 0.0172. The van der Waals surface area contributed by atoms with Crippen LogP contribution in [0.5, 0.6) is 5.75 Å². The Bertz CT molecular complexity index is 473. The van der Waals surface area contributed by atoms with Gasteiger partial charge in [0.1, 0.15) is 5.75 Å². The summed E-state index contributed by atoms with van der Waals surface area (Å²) in [5.41, 5.74) is 6.92. The van der Waals surface area contributed by atoms with Crippen molar-refractivity contribution in [1.29, 1.82) is 0 Å². The van der Waals surface area contributed by atoms with Crippen LogP contribution in [-0.2, 0) is 0 Å². The van der Waals surface area contributed by atoms with Crippen LogP contribution in [0.25, 0.3) is 0 Å². The molecule has 4 heteroatoms. The van der Waals surface area contributed by atoms with Crippen molar-refractivity contribution in [1.82, 2.24) is 4.90 Å². The maximum absolute atomic E-state index is 12.6. The SMILES string of the molecule is COc1ccc(N)cc1C(=O)N1CCC(C)CC1C. The molecule has 1 fully saturated rings. The fourth-order valence-corrected chi connectivity index (χ4v) is 2.76. The first-order chi connectivity index (χ1) is 9.02. The highest BCUT2D eigenvalue weighted by atomic mass is 16.5. The number of anilines is 1. The van der Waals surface area contributed by atoms with Crippen LogP contribution in [-0.4, -0.2) is 30.5 Å². The molecular weight excluding hydrogens is 240 g/mol. The fourth-order valence-electron chi connectivity index (χ4n) is 2.76. The van der Waals surface area contributed by atoms with Gasteiger partial charge in [0.15, 0.2) is 0 Å². The second-order valence-corrected chi connectivity index (χ2v) is 5.44. The third-order valence-corrected chi connectivity index (χ3v) is 3.85. The van der Waals surface area contributed by atoms with Gasteiger partial charge in [-0.05, 0) is 43.9 Å². The van der Waals surface area contributed by atoms with E-state index in [0.29, 0.717) is 22.9 Å². The van der Waals surface area contributed by atoms with Gasteiger partial charge in [-0.1, -0.05) is 6.92 Å². The molecule has 0 radical (unpaired) electrons. The summed E-state index contributed by atoms with van der Waals surface area (Å²) >= 11 is 0. The molecule has 0 spiro atoms. The zero-order valence-electron chi connectivity index (χ0n) is 11.8. The second kappa shape index (κ2) is 5.51. The second-order valence-electron chi connectivity index (χ2n) is 5.44. The largest absolute Gasteiger partial charge is 0.496 e. The van der Waals surface area contributed by atoms with Crippen LogP contribution in [0, 0.1) is 5.92 Å². The Morgan fingerprint density at radius 2 is 2.16 bits per heavy atom. The molecule has 1 aromatic carbocycles. The molecule has 1 heterocycles. The Morgan fingerprint density at radius 3 is 2.79 bits per heavy atom. The lowest BCUT2D eigenvalue weighted by atomic mass is 9.93. The summed E-state index contributed by atoms with van der Waals surface area (Å²) < 4.78 is 5.27. The van der Waals surface area contributed by atoms with E-state index in [1.165, 1.54) is 0 Å². The summed E-state index contributed by atoms with van der Waals surface area (Å²) in [4.78, 5) is 14.6. The maximum atomic E-state index is 12.6. The van der Waals surface area contributed by atoms with E-state index >= 15 is 0 Å². The summed E-state index contributed by atoms with van der Waals surface area (Å²) in [5.74, 6) is 1.29. The number of ether oxygens (including phenoxy) is 1. The molecule has 0 saturated carbocycles. The smallest absolute Gasteiger partial charge is 0.257 e. The molecule has 1 saturated heterocycles. The van der Waals surface area contributed by atoms with Crippen LogP contribution in [0.15, 0.2) is 18.2 Å². The molecule has 0 aromatic heterocycles. The molecule has 4 nitrogen and oxygen atoms in total. The normalized spacial score (nSPS) is 23.2. The quantitative estimate of drug-likeness (QED) is 0.833. The molecule has 2 N–H and O–H groups in total. The first-order valence-electron chi connectivity index (χ1n) is 6.77. The average Bonchev–Trinajstić information content (AvgIpc) is 2.38. The topological polar surface area (TPSA) is 55.6 Å². The lowest BCUT2D eigenvalue weighted by Crippen LogP contribution is -2.44. The number of nitrogens with zero attached hydrogens (tertiary/aromatic N) is 1. The number of likely N-dealkylation sites (tertiary alicyclic amines) is 1. The van der Waals surface area contributed by atoms with Crippen molar-refractivity contribution in [3.05, 3.63) is 23.8 Å². The maximum Gasteiger partial charge on any atom is 0.257 e. The van der Waals surface area contributed by atoms with E-state index in [9.17, 15) is 4.79 Å². The van der Waals surface area contributed by atoms with Crippen LogP contribution in [0.2, 0.25) is 0 Å². The van der Waals surface area contributed by atoms with Gasteiger partial charge in [0.2, 0.25) is 0 Å². The summed E-state index contributed by atoms with van der Waals surface area (Å²) in [6.45, 7) is 5.14. The van der Waals surface area contributed by atoms with E-state index in [-0.39, 0.29) is 11.9 Å². The Morgan fingerprint density at radius 1 is 1.42 bits per heavy atom. The molecule has 1 aromatic rings. The van der Waals surface area contributed by atoms with Crippen LogP contribution < -0.4 is 10.5 Å².